The van der Waals surface area contributed by atoms with Gasteiger partial charge in [-0.15, -0.1) is 0 Å². The van der Waals surface area contributed by atoms with Crippen LogP contribution in [0.4, 0.5) is 11.4 Å². The molecule has 2 N–H and O–H groups in total. The summed E-state index contributed by atoms with van der Waals surface area (Å²) in [5, 5.41) is 5.95. The Morgan fingerprint density at radius 2 is 1.19 bits per heavy atom. The predicted octanol–water partition coefficient (Wildman–Crippen LogP) is 4.87. The first-order valence-corrected chi connectivity index (χ1v) is 13.3. The first-order valence-electron chi connectivity index (χ1n) is 11.8. The number of anilines is 2. The van der Waals surface area contributed by atoms with Gasteiger partial charge in [-0.1, -0.05) is 46.4 Å². The molecule has 4 amide bonds. The van der Waals surface area contributed by atoms with Crippen LogP contribution in [0, 0.1) is 0 Å². The van der Waals surface area contributed by atoms with E-state index in [1.54, 1.807) is 0 Å². The van der Waals surface area contributed by atoms with Gasteiger partial charge in [-0.05, 0) is 54.6 Å². The fourth-order valence-electron chi connectivity index (χ4n) is 3.66. The van der Waals surface area contributed by atoms with Crippen molar-refractivity contribution in [2.45, 2.75) is 0 Å². The van der Waals surface area contributed by atoms with E-state index < -0.39 is 55.3 Å². The normalized spacial score (nSPS) is 12.0. The maximum Gasteiger partial charge on any atom is 0.338 e. The summed E-state index contributed by atoms with van der Waals surface area (Å²) in [5.41, 5.74) is 0.0729. The molecular formula is C27H17Cl4N3O8. The molecule has 0 saturated heterocycles. The van der Waals surface area contributed by atoms with Crippen molar-refractivity contribution >= 4 is 93.3 Å². The smallest absolute Gasteiger partial charge is 0.338 e. The second-order valence-corrected chi connectivity index (χ2v) is 10.2. The minimum atomic E-state index is -1.04. The Morgan fingerprint density at radius 3 is 1.76 bits per heavy atom. The van der Waals surface area contributed by atoms with Crippen LogP contribution in [0.5, 0.6) is 0 Å². The van der Waals surface area contributed by atoms with Gasteiger partial charge in [0.15, 0.2) is 13.2 Å². The number of fused-ring (bicyclic) bond motifs is 1. The molecule has 0 unspecified atom stereocenters. The zero-order chi connectivity index (χ0) is 30.6. The zero-order valence-electron chi connectivity index (χ0n) is 21.0. The number of halogens is 4. The van der Waals surface area contributed by atoms with Gasteiger partial charge in [0.25, 0.3) is 23.6 Å². The van der Waals surface area contributed by atoms with Gasteiger partial charge in [-0.25, -0.2) is 4.79 Å². The third-order valence-corrected chi connectivity index (χ3v) is 6.73. The summed E-state index contributed by atoms with van der Waals surface area (Å²) in [7, 11) is 0. The van der Waals surface area contributed by atoms with Crippen molar-refractivity contribution in [3.05, 3.63) is 91.4 Å². The lowest BCUT2D eigenvalue weighted by Gasteiger charge is -2.13. The number of ether oxygens (including phenoxy) is 2. The highest BCUT2D eigenvalue weighted by molar-refractivity contribution is 6.36. The van der Waals surface area contributed by atoms with Gasteiger partial charge in [0.05, 0.1) is 38.1 Å². The minimum absolute atomic E-state index is 0.0639. The molecule has 1 aliphatic rings. The van der Waals surface area contributed by atoms with Gasteiger partial charge in [0, 0.05) is 10.0 Å². The van der Waals surface area contributed by atoms with Gasteiger partial charge >= 0.3 is 11.9 Å². The van der Waals surface area contributed by atoms with E-state index in [0.29, 0.717) is 14.9 Å². The van der Waals surface area contributed by atoms with Gasteiger partial charge in [-0.3, -0.25) is 28.9 Å². The highest BCUT2D eigenvalue weighted by Gasteiger charge is 2.37. The fourth-order valence-corrected chi connectivity index (χ4v) is 4.33. The SMILES string of the molecule is O=C(COC(=O)CN1C(=O)c2ccc(C(=O)OCC(=O)Nc3cc(Cl)ccc3Cl)cc2C1=O)Nc1cc(Cl)ccc1Cl. The first-order chi connectivity index (χ1) is 19.9. The maximum atomic E-state index is 12.8. The summed E-state index contributed by atoms with van der Waals surface area (Å²) in [5.74, 6) is -5.10. The number of imide groups is 1. The summed E-state index contributed by atoms with van der Waals surface area (Å²) in [6, 6.07) is 12.4. The third kappa shape index (κ3) is 7.37. The molecule has 11 nitrogen and oxygen atoms in total. The summed E-state index contributed by atoms with van der Waals surface area (Å²) >= 11 is 23.7. The molecule has 0 bridgehead atoms. The molecule has 0 aromatic heterocycles. The van der Waals surface area contributed by atoms with Crippen molar-refractivity contribution in [3.63, 3.8) is 0 Å². The van der Waals surface area contributed by atoms with E-state index in [0.717, 1.165) is 6.07 Å². The van der Waals surface area contributed by atoms with Crippen LogP contribution in [0.1, 0.15) is 31.1 Å². The molecule has 42 heavy (non-hydrogen) atoms. The summed E-state index contributed by atoms with van der Waals surface area (Å²) in [6.07, 6.45) is 0. The maximum absolute atomic E-state index is 12.8. The van der Waals surface area contributed by atoms with E-state index in [1.807, 2.05) is 0 Å². The molecule has 1 heterocycles. The molecule has 0 aliphatic carbocycles. The van der Waals surface area contributed by atoms with Crippen LogP contribution in [0.25, 0.3) is 0 Å². The third-order valence-electron chi connectivity index (χ3n) is 5.60. The highest BCUT2D eigenvalue weighted by Crippen LogP contribution is 2.27. The van der Waals surface area contributed by atoms with E-state index in [-0.39, 0.29) is 38.1 Å². The Hall–Kier alpha value is -4.16. The second kappa shape index (κ2) is 13.2. The fraction of sp³-hybridized carbons (Fsp3) is 0.111. The molecule has 4 rings (SSSR count). The molecule has 3 aromatic rings. The molecular weight excluding hydrogens is 636 g/mol. The van der Waals surface area contributed by atoms with Crippen molar-refractivity contribution in [1.82, 2.24) is 4.90 Å². The number of nitrogens with one attached hydrogen (secondary N) is 2. The Morgan fingerprint density at radius 1 is 0.667 bits per heavy atom. The van der Waals surface area contributed by atoms with Gasteiger partial charge in [0.1, 0.15) is 6.54 Å². The summed E-state index contributed by atoms with van der Waals surface area (Å²) in [6.45, 7) is -2.19. The van der Waals surface area contributed by atoms with E-state index in [9.17, 15) is 28.8 Å². The lowest BCUT2D eigenvalue weighted by Crippen LogP contribution is -2.36. The van der Waals surface area contributed by atoms with Crippen molar-refractivity contribution in [3.8, 4) is 0 Å². The van der Waals surface area contributed by atoms with Crippen LogP contribution >= 0.6 is 46.4 Å². The van der Waals surface area contributed by atoms with E-state index in [1.165, 1.54) is 48.5 Å². The lowest BCUT2D eigenvalue weighted by atomic mass is 10.1. The predicted molar refractivity (Wildman–Crippen MR) is 153 cm³/mol. The topological polar surface area (TPSA) is 148 Å². The van der Waals surface area contributed by atoms with Crippen LogP contribution in [0.3, 0.4) is 0 Å². The number of carbonyl (C=O) groups excluding carboxylic acids is 6. The molecule has 1 aliphatic heterocycles. The Balaban J connectivity index is 1.31. The molecule has 15 heteroatoms. The molecule has 0 atom stereocenters. The highest BCUT2D eigenvalue weighted by atomic mass is 35.5. The standard InChI is InChI=1S/C27H17Cl4N3O8/c28-14-2-5-18(30)20(8-14)32-22(35)11-41-24(37)10-34-25(38)16-4-1-13(7-17(16)26(34)39)27(40)42-12-23(36)33-21-9-15(29)3-6-19(21)31/h1-9H,10-12H2,(H,32,35)(H,33,36). The number of esters is 2. The number of hydrogen-bond donors (Lipinski definition) is 2. The average molecular weight is 653 g/mol. The monoisotopic (exact) mass is 651 g/mol. The van der Waals surface area contributed by atoms with Gasteiger partial charge in [0.2, 0.25) is 0 Å². The van der Waals surface area contributed by atoms with Crippen molar-refractivity contribution in [2.24, 2.45) is 0 Å². The number of rotatable bonds is 9. The number of amides is 4. The van der Waals surface area contributed by atoms with Crippen LogP contribution in [0.15, 0.2) is 54.6 Å². The molecule has 0 fully saturated rings. The lowest BCUT2D eigenvalue weighted by molar-refractivity contribution is -0.147. The van der Waals surface area contributed by atoms with E-state index in [2.05, 4.69) is 10.6 Å². The van der Waals surface area contributed by atoms with Crippen LogP contribution in [0.2, 0.25) is 20.1 Å². The van der Waals surface area contributed by atoms with Gasteiger partial charge in [-0.2, -0.15) is 0 Å². The number of benzene rings is 3. The van der Waals surface area contributed by atoms with E-state index >= 15 is 0 Å². The Kier molecular flexibility index (Phi) is 9.69. The largest absolute Gasteiger partial charge is 0.454 e. The first kappa shape index (κ1) is 30.8. The Bertz CT molecular complexity index is 1650. The van der Waals surface area contributed by atoms with Crippen molar-refractivity contribution < 1.29 is 38.2 Å². The molecule has 216 valence electrons. The van der Waals surface area contributed by atoms with E-state index in [4.69, 9.17) is 55.9 Å². The quantitative estimate of drug-likeness (QED) is 0.246. The minimum Gasteiger partial charge on any atom is -0.454 e. The number of hydrogen-bond acceptors (Lipinski definition) is 8. The van der Waals surface area contributed by atoms with Gasteiger partial charge < -0.3 is 20.1 Å². The van der Waals surface area contributed by atoms with Crippen LogP contribution < -0.4 is 10.6 Å². The summed E-state index contributed by atoms with van der Waals surface area (Å²) in [4.78, 5) is 75.3. The van der Waals surface area contributed by atoms with Crippen LogP contribution in [-0.4, -0.2) is 60.2 Å². The second-order valence-electron chi connectivity index (χ2n) is 8.54. The molecule has 3 aromatic carbocycles. The zero-order valence-corrected chi connectivity index (χ0v) is 24.1. The molecule has 0 saturated carbocycles. The van der Waals surface area contributed by atoms with Crippen molar-refractivity contribution in [2.75, 3.05) is 30.4 Å². The number of nitrogens with zero attached hydrogens (tertiary/aromatic N) is 1. The van der Waals surface area contributed by atoms with Crippen LogP contribution in [-0.2, 0) is 23.9 Å². The average Bonchev–Trinajstić information content (AvgIpc) is 3.18. The Labute approximate surface area is 257 Å². The van der Waals surface area contributed by atoms with Crippen molar-refractivity contribution in [1.29, 1.82) is 0 Å². The molecule has 0 radical (unpaired) electrons. The molecule has 0 spiro atoms. The summed E-state index contributed by atoms with van der Waals surface area (Å²) < 4.78 is 9.87. The number of carbonyl (C=O) groups is 6.